The fourth-order valence-electron chi connectivity index (χ4n) is 3.15. The Kier molecular flexibility index (Phi) is 6.22. The van der Waals surface area contributed by atoms with Crippen LogP contribution in [-0.2, 0) is 9.59 Å². The number of halogens is 1. The molecule has 8 heteroatoms. The maximum Gasteiger partial charge on any atom is 0.394 e. The summed E-state index contributed by atoms with van der Waals surface area (Å²) in [6.07, 6.45) is -1.18. The number of ether oxygens (including phenoxy) is 1. The Balaban J connectivity index is 1.95. The van der Waals surface area contributed by atoms with E-state index < -0.39 is 23.8 Å². The first-order valence-electron chi connectivity index (χ1n) is 9.25. The molecule has 3 rings (SSSR count). The van der Waals surface area contributed by atoms with Crippen LogP contribution in [-0.4, -0.2) is 27.2 Å². The summed E-state index contributed by atoms with van der Waals surface area (Å²) in [6.45, 7) is 3.44. The SMILES string of the molecule is Cc1cc(NC(=O)C(=O)O)cc(C)c1Oc1ccc(O)cc1C(O)c1ccc(F)cc1. The number of phenols is 1. The number of aryl methyl sites for hydroxylation is 2. The lowest BCUT2D eigenvalue weighted by Gasteiger charge is -2.19. The molecule has 0 fully saturated rings. The molecule has 31 heavy (non-hydrogen) atoms. The van der Waals surface area contributed by atoms with E-state index in [9.17, 15) is 24.2 Å². The van der Waals surface area contributed by atoms with Gasteiger partial charge in [0.1, 0.15) is 29.2 Å². The van der Waals surface area contributed by atoms with Crippen molar-refractivity contribution in [1.29, 1.82) is 0 Å². The normalized spacial score (nSPS) is 11.6. The van der Waals surface area contributed by atoms with Gasteiger partial charge in [0, 0.05) is 11.3 Å². The van der Waals surface area contributed by atoms with E-state index in [0.717, 1.165) is 0 Å². The van der Waals surface area contributed by atoms with E-state index >= 15 is 0 Å². The Morgan fingerprint density at radius 3 is 2.19 bits per heavy atom. The van der Waals surface area contributed by atoms with Crippen LogP contribution in [0.15, 0.2) is 54.6 Å². The van der Waals surface area contributed by atoms with Crippen molar-refractivity contribution in [3.63, 3.8) is 0 Å². The highest BCUT2D eigenvalue weighted by Gasteiger charge is 2.19. The van der Waals surface area contributed by atoms with Gasteiger partial charge in [-0.3, -0.25) is 4.79 Å². The first-order chi connectivity index (χ1) is 14.7. The number of phenolic OH excluding ortho intramolecular Hbond substituents is 1. The van der Waals surface area contributed by atoms with Crippen molar-refractivity contribution in [1.82, 2.24) is 0 Å². The van der Waals surface area contributed by atoms with Gasteiger partial charge in [0.25, 0.3) is 0 Å². The lowest BCUT2D eigenvalue weighted by atomic mass is 10.00. The van der Waals surface area contributed by atoms with Crippen LogP contribution in [0.3, 0.4) is 0 Å². The number of hydrogen-bond acceptors (Lipinski definition) is 5. The summed E-state index contributed by atoms with van der Waals surface area (Å²) in [7, 11) is 0. The van der Waals surface area contributed by atoms with Crippen molar-refractivity contribution < 1.29 is 34.0 Å². The number of aromatic hydroxyl groups is 1. The molecule has 160 valence electrons. The average molecular weight is 425 g/mol. The number of amides is 1. The van der Waals surface area contributed by atoms with Gasteiger partial charge in [0.2, 0.25) is 0 Å². The molecule has 0 aliphatic rings. The number of carbonyl (C=O) groups is 2. The molecule has 0 saturated carbocycles. The first kappa shape index (κ1) is 21.8. The van der Waals surface area contributed by atoms with Gasteiger partial charge in [0.15, 0.2) is 0 Å². The summed E-state index contributed by atoms with van der Waals surface area (Å²) in [5.74, 6) is -2.57. The highest BCUT2D eigenvalue weighted by Crippen LogP contribution is 2.38. The molecule has 3 aromatic rings. The maximum atomic E-state index is 13.2. The van der Waals surface area contributed by atoms with E-state index in [-0.39, 0.29) is 17.1 Å². The number of rotatable bonds is 5. The van der Waals surface area contributed by atoms with Crippen molar-refractivity contribution in [2.45, 2.75) is 20.0 Å². The monoisotopic (exact) mass is 425 g/mol. The molecule has 0 saturated heterocycles. The lowest BCUT2D eigenvalue weighted by molar-refractivity contribution is -0.147. The predicted octanol–water partition coefficient (Wildman–Crippen LogP) is 4.05. The van der Waals surface area contributed by atoms with Crippen molar-refractivity contribution in [3.05, 3.63) is 82.7 Å². The molecule has 4 N–H and O–H groups in total. The molecule has 1 amide bonds. The van der Waals surface area contributed by atoms with Crippen LogP contribution in [0, 0.1) is 19.7 Å². The molecule has 0 aromatic heterocycles. The number of aliphatic hydroxyl groups is 1. The third kappa shape index (κ3) is 4.99. The molecule has 1 unspecified atom stereocenters. The number of hydrogen-bond donors (Lipinski definition) is 4. The van der Waals surface area contributed by atoms with E-state index in [1.165, 1.54) is 42.5 Å². The summed E-state index contributed by atoms with van der Waals surface area (Å²) in [5.41, 5.74) is 2.20. The van der Waals surface area contributed by atoms with E-state index in [1.807, 2.05) is 0 Å². The molecule has 0 aliphatic carbocycles. The van der Waals surface area contributed by atoms with Crippen LogP contribution in [0.1, 0.15) is 28.4 Å². The highest BCUT2D eigenvalue weighted by atomic mass is 19.1. The standard InChI is InChI=1S/C23H20FNO6/c1-12-9-16(25-22(28)23(29)30)10-13(2)21(12)31-19-8-7-17(26)11-18(19)20(27)14-3-5-15(24)6-4-14/h3-11,20,26-27H,1-2H3,(H,25,28)(H,29,30). The van der Waals surface area contributed by atoms with Crippen molar-refractivity contribution >= 4 is 17.6 Å². The lowest BCUT2D eigenvalue weighted by Crippen LogP contribution is -2.21. The van der Waals surface area contributed by atoms with Gasteiger partial charge in [-0.15, -0.1) is 0 Å². The molecular formula is C23H20FNO6. The third-order valence-corrected chi connectivity index (χ3v) is 4.60. The largest absolute Gasteiger partial charge is 0.508 e. The molecule has 0 aliphatic heterocycles. The zero-order valence-corrected chi connectivity index (χ0v) is 16.7. The Bertz CT molecular complexity index is 1120. The molecule has 0 bridgehead atoms. The number of carboxylic acid groups (broad SMARTS) is 1. The predicted molar refractivity (Wildman–Crippen MR) is 111 cm³/mol. The topological polar surface area (TPSA) is 116 Å². The molecule has 3 aromatic carbocycles. The van der Waals surface area contributed by atoms with Gasteiger partial charge in [-0.05, 0) is 73.0 Å². The number of carbonyl (C=O) groups excluding carboxylic acids is 1. The fraction of sp³-hybridized carbons (Fsp3) is 0.130. The highest BCUT2D eigenvalue weighted by molar-refractivity contribution is 6.36. The summed E-state index contributed by atoms with van der Waals surface area (Å²) < 4.78 is 19.2. The quantitative estimate of drug-likeness (QED) is 0.459. The average Bonchev–Trinajstić information content (AvgIpc) is 2.71. The van der Waals surface area contributed by atoms with Gasteiger partial charge in [-0.25, -0.2) is 9.18 Å². The Hall–Kier alpha value is -3.91. The van der Waals surface area contributed by atoms with Crippen molar-refractivity contribution in [2.24, 2.45) is 0 Å². The molecule has 0 radical (unpaired) electrons. The van der Waals surface area contributed by atoms with Gasteiger partial charge in [0.05, 0.1) is 0 Å². The minimum atomic E-state index is -1.60. The summed E-state index contributed by atoms with van der Waals surface area (Å²) in [6, 6.07) is 12.7. The maximum absolute atomic E-state index is 13.2. The fourth-order valence-corrected chi connectivity index (χ4v) is 3.15. The summed E-state index contributed by atoms with van der Waals surface area (Å²) in [5, 5.41) is 31.7. The van der Waals surface area contributed by atoms with Crippen LogP contribution < -0.4 is 10.1 Å². The number of aliphatic hydroxyl groups excluding tert-OH is 1. The number of anilines is 1. The van der Waals surface area contributed by atoms with Crippen molar-refractivity contribution in [3.8, 4) is 17.2 Å². The number of carboxylic acids is 1. The Morgan fingerprint density at radius 2 is 1.61 bits per heavy atom. The Morgan fingerprint density at radius 1 is 1.00 bits per heavy atom. The zero-order valence-electron chi connectivity index (χ0n) is 16.7. The van der Waals surface area contributed by atoms with E-state index in [1.54, 1.807) is 26.0 Å². The van der Waals surface area contributed by atoms with Crippen molar-refractivity contribution in [2.75, 3.05) is 5.32 Å². The molecule has 0 spiro atoms. The molecule has 1 atom stereocenters. The first-order valence-corrected chi connectivity index (χ1v) is 9.25. The second-order valence-corrected chi connectivity index (χ2v) is 6.98. The third-order valence-electron chi connectivity index (χ3n) is 4.60. The second kappa shape index (κ2) is 8.85. The van der Waals surface area contributed by atoms with Crippen LogP contribution in [0.5, 0.6) is 17.2 Å². The summed E-state index contributed by atoms with van der Waals surface area (Å²) >= 11 is 0. The summed E-state index contributed by atoms with van der Waals surface area (Å²) in [4.78, 5) is 22.1. The Labute approximate surface area is 177 Å². The molecule has 7 nitrogen and oxygen atoms in total. The van der Waals surface area contributed by atoms with Gasteiger partial charge in [-0.2, -0.15) is 0 Å². The number of benzene rings is 3. The van der Waals surface area contributed by atoms with Gasteiger partial charge >= 0.3 is 11.9 Å². The smallest absolute Gasteiger partial charge is 0.394 e. The number of nitrogens with one attached hydrogen (secondary N) is 1. The van der Waals surface area contributed by atoms with Crippen LogP contribution in [0.2, 0.25) is 0 Å². The minimum Gasteiger partial charge on any atom is -0.508 e. The zero-order chi connectivity index (χ0) is 22.7. The molecule has 0 heterocycles. The van der Waals surface area contributed by atoms with Gasteiger partial charge in [-0.1, -0.05) is 12.1 Å². The van der Waals surface area contributed by atoms with E-state index in [4.69, 9.17) is 9.84 Å². The van der Waals surface area contributed by atoms with E-state index in [0.29, 0.717) is 28.1 Å². The van der Waals surface area contributed by atoms with Gasteiger partial charge < -0.3 is 25.4 Å². The number of aliphatic carboxylic acids is 1. The second-order valence-electron chi connectivity index (χ2n) is 6.98. The van der Waals surface area contributed by atoms with Crippen LogP contribution in [0.25, 0.3) is 0 Å². The minimum absolute atomic E-state index is 0.0799. The van der Waals surface area contributed by atoms with Crippen LogP contribution in [0.4, 0.5) is 10.1 Å². The van der Waals surface area contributed by atoms with E-state index in [2.05, 4.69) is 5.32 Å². The molecular weight excluding hydrogens is 405 g/mol. The van der Waals surface area contributed by atoms with Crippen LogP contribution >= 0.6 is 0 Å².